The van der Waals surface area contributed by atoms with Crippen molar-refractivity contribution in [2.45, 2.75) is 50.5 Å². The topological polar surface area (TPSA) is 194 Å². The number of carbonyl (C=O) groups is 2. The molecule has 1 aliphatic heterocycles. The van der Waals surface area contributed by atoms with E-state index in [-0.39, 0.29) is 12.4 Å². The fourth-order valence-corrected chi connectivity index (χ4v) is 5.67. The maximum absolute atomic E-state index is 13.9. The summed E-state index contributed by atoms with van der Waals surface area (Å²) in [6.45, 7) is 2.41. The van der Waals surface area contributed by atoms with Crippen LogP contribution in [0, 0.1) is 0 Å². The molecule has 3 rings (SSSR count). The van der Waals surface area contributed by atoms with E-state index >= 15 is 0 Å². The van der Waals surface area contributed by atoms with E-state index in [1.165, 1.54) is 39.1 Å². The molecule has 232 valence electrons. The maximum Gasteiger partial charge on any atom is 0.459 e. The lowest BCUT2D eigenvalue weighted by molar-refractivity contribution is -0.146. The van der Waals surface area contributed by atoms with Gasteiger partial charge in [-0.15, -0.1) is 0 Å². The first kappa shape index (κ1) is 33.6. The summed E-state index contributed by atoms with van der Waals surface area (Å²) in [4.78, 5) is 33.3. The molecule has 1 unspecified atom stereocenters. The second-order valence-electron chi connectivity index (χ2n) is 9.68. The molecule has 0 aliphatic carbocycles. The van der Waals surface area contributed by atoms with Gasteiger partial charge in [0.2, 0.25) is 0 Å². The number of rotatable bonds is 15. The fraction of sp³-hybridized carbons (Fsp3) is 0.407. The van der Waals surface area contributed by atoms with Crippen LogP contribution in [0.25, 0.3) is 10.4 Å². The van der Waals surface area contributed by atoms with Crippen LogP contribution in [0.2, 0.25) is 0 Å². The minimum absolute atomic E-state index is 0.00692. The summed E-state index contributed by atoms with van der Waals surface area (Å²) >= 11 is 0. The van der Waals surface area contributed by atoms with Gasteiger partial charge in [0.1, 0.15) is 36.3 Å². The van der Waals surface area contributed by atoms with Crippen LogP contribution in [0.15, 0.2) is 78.1 Å². The number of likely N-dealkylation sites (N-methyl/N-ethyl adjacent to an activating group) is 1. The Morgan fingerprint density at radius 2 is 1.88 bits per heavy atom. The molecule has 0 saturated carbocycles. The molecule has 43 heavy (non-hydrogen) atoms. The number of carbonyl (C=O) groups excluding carboxylic acids is 2. The predicted molar refractivity (Wildman–Crippen MR) is 154 cm³/mol. The lowest BCUT2D eigenvalue weighted by Crippen LogP contribution is -2.49. The van der Waals surface area contributed by atoms with Crippen molar-refractivity contribution in [3.63, 3.8) is 0 Å². The molecule has 1 heterocycles. The van der Waals surface area contributed by atoms with Gasteiger partial charge >= 0.3 is 13.7 Å². The number of ether oxygens (including phenoxy) is 2. The van der Waals surface area contributed by atoms with E-state index < -0.39 is 56.2 Å². The van der Waals surface area contributed by atoms with Crippen molar-refractivity contribution in [3.05, 3.63) is 88.9 Å². The van der Waals surface area contributed by atoms with Crippen LogP contribution in [0.5, 0.6) is 5.75 Å². The molecule has 3 N–H and O–H groups in total. The molecule has 2 aromatic rings. The molecule has 1 saturated heterocycles. The first-order valence-electron chi connectivity index (χ1n) is 13.1. The molecule has 16 heteroatoms. The van der Waals surface area contributed by atoms with Gasteiger partial charge in [-0.1, -0.05) is 53.6 Å². The van der Waals surface area contributed by atoms with Gasteiger partial charge in [-0.05, 0) is 37.1 Å². The second kappa shape index (κ2) is 15.5. The van der Waals surface area contributed by atoms with Crippen molar-refractivity contribution >= 4 is 19.6 Å². The highest BCUT2D eigenvalue weighted by Crippen LogP contribution is 2.46. The van der Waals surface area contributed by atoms with Crippen LogP contribution >= 0.6 is 7.75 Å². The molecule has 1 amide bonds. The zero-order valence-electron chi connectivity index (χ0n) is 24.1. The normalized spacial score (nSPS) is 23.5. The Labute approximate surface area is 248 Å². The Hall–Kier alpha value is -3.94. The first-order chi connectivity index (χ1) is 20.5. The van der Waals surface area contributed by atoms with E-state index in [9.17, 15) is 24.8 Å². The number of hydrogen-bond acceptors (Lipinski definition) is 11. The van der Waals surface area contributed by atoms with Crippen molar-refractivity contribution in [1.82, 2.24) is 15.5 Å². The molecule has 1 aliphatic rings. The van der Waals surface area contributed by atoms with E-state index in [4.69, 9.17) is 18.5 Å². The van der Waals surface area contributed by atoms with Crippen molar-refractivity contribution in [2.24, 2.45) is 5.11 Å². The molecular formula is C27H35N6O9P. The highest BCUT2D eigenvalue weighted by atomic mass is 31.2. The summed E-state index contributed by atoms with van der Waals surface area (Å²) < 4.78 is 36.5. The molecule has 0 radical (unpaired) electrons. The second-order valence-corrected chi connectivity index (χ2v) is 11.4. The molecule has 15 nitrogen and oxygen atoms in total. The van der Waals surface area contributed by atoms with E-state index in [1.54, 1.807) is 42.5 Å². The zero-order chi connectivity index (χ0) is 31.5. The summed E-state index contributed by atoms with van der Waals surface area (Å²) in [5, 5.41) is 17.4. The lowest BCUT2D eigenvalue weighted by atomic mass is 9.93. The molecule has 0 bridgehead atoms. The SMILES string of the molecule is CONC(=O)/C=C\N(C)[C@@H]1O[C@H](COP(=O)(N[C@@H](C)C(=O)OCc2ccccc2)Oc2ccccc2)[C@@H](O)[C@@]1(C)N=[N+]=[N-]. The van der Waals surface area contributed by atoms with E-state index in [1.807, 2.05) is 18.2 Å². The third-order valence-electron chi connectivity index (χ3n) is 6.36. The number of nitrogens with one attached hydrogen (secondary N) is 2. The molecular weight excluding hydrogens is 583 g/mol. The third-order valence-corrected chi connectivity index (χ3v) is 8.00. The number of benzene rings is 2. The molecule has 1 fully saturated rings. The van der Waals surface area contributed by atoms with Crippen LogP contribution in [0.1, 0.15) is 19.4 Å². The summed E-state index contributed by atoms with van der Waals surface area (Å²) in [5.41, 5.74) is 10.5. The number of hydroxylamine groups is 1. The van der Waals surface area contributed by atoms with Gasteiger partial charge < -0.3 is 24.0 Å². The van der Waals surface area contributed by atoms with Crippen LogP contribution < -0.4 is 15.1 Å². The molecule has 0 aromatic heterocycles. The van der Waals surface area contributed by atoms with E-state index in [0.29, 0.717) is 0 Å². The zero-order valence-corrected chi connectivity index (χ0v) is 25.0. The number of aliphatic hydroxyl groups excluding tert-OH is 1. The van der Waals surface area contributed by atoms with Gasteiger partial charge in [0, 0.05) is 24.2 Å². The van der Waals surface area contributed by atoms with Gasteiger partial charge in [0.25, 0.3) is 5.91 Å². The smallest absolute Gasteiger partial charge is 0.459 e. The highest BCUT2D eigenvalue weighted by molar-refractivity contribution is 7.52. The van der Waals surface area contributed by atoms with Crippen molar-refractivity contribution in [1.29, 1.82) is 0 Å². The van der Waals surface area contributed by atoms with Gasteiger partial charge in [-0.25, -0.2) is 10.0 Å². The Kier molecular flexibility index (Phi) is 12.1. The number of amides is 1. The number of azide groups is 1. The summed E-state index contributed by atoms with van der Waals surface area (Å²) in [6, 6.07) is 16.1. The summed E-state index contributed by atoms with van der Waals surface area (Å²) in [5.74, 6) is -1.09. The molecule has 0 spiro atoms. The third kappa shape index (κ3) is 9.27. The Balaban J connectivity index is 1.75. The average Bonchev–Trinajstić information content (AvgIpc) is 3.24. The van der Waals surface area contributed by atoms with Crippen LogP contribution in [-0.2, 0) is 39.6 Å². The minimum Gasteiger partial charge on any atom is -0.460 e. The predicted octanol–water partition coefficient (Wildman–Crippen LogP) is 3.19. The van der Waals surface area contributed by atoms with E-state index in [2.05, 4.69) is 25.4 Å². The van der Waals surface area contributed by atoms with Crippen molar-refractivity contribution in [2.75, 3.05) is 20.8 Å². The first-order valence-corrected chi connectivity index (χ1v) is 14.7. The Morgan fingerprint density at radius 1 is 1.23 bits per heavy atom. The standard InChI is InChI=1S/C27H35N6O9P/c1-19(25(36)39-17-20-11-7-5-8-12-20)30-43(37,42-21-13-9-6-10-14-21)40-18-22-24(35)27(2,31-32-28)26(41-22)33(3)16-15-23(34)29-38-4/h5-16,19,22,24,26,35H,17-18H2,1-4H3,(H,29,34)(H,30,37)/b16-15-/t19-,22+,24+,26+,27+,43?/m0/s1. The van der Waals surface area contributed by atoms with Crippen molar-refractivity contribution < 1.29 is 42.6 Å². The lowest BCUT2D eigenvalue weighted by Gasteiger charge is -2.33. The number of nitrogens with zero attached hydrogens (tertiary/aromatic N) is 4. The average molecular weight is 619 g/mol. The van der Waals surface area contributed by atoms with E-state index in [0.717, 1.165) is 11.6 Å². The monoisotopic (exact) mass is 618 g/mol. The largest absolute Gasteiger partial charge is 0.460 e. The fourth-order valence-electron chi connectivity index (χ4n) is 4.17. The summed E-state index contributed by atoms with van der Waals surface area (Å²) in [7, 11) is -1.49. The summed E-state index contributed by atoms with van der Waals surface area (Å²) in [6.07, 6.45) is -1.18. The van der Waals surface area contributed by atoms with Gasteiger partial charge in [-0.3, -0.25) is 19.0 Å². The van der Waals surface area contributed by atoms with Crippen LogP contribution in [0.3, 0.4) is 0 Å². The number of hydrogen-bond donors (Lipinski definition) is 3. The van der Waals surface area contributed by atoms with Crippen LogP contribution in [0.4, 0.5) is 0 Å². The minimum atomic E-state index is -4.30. The molecule has 2 aromatic carbocycles. The quantitative estimate of drug-likeness (QED) is 0.0505. The Morgan fingerprint density at radius 3 is 2.51 bits per heavy atom. The van der Waals surface area contributed by atoms with Gasteiger partial charge in [0.15, 0.2) is 0 Å². The van der Waals surface area contributed by atoms with Gasteiger partial charge in [-0.2, -0.15) is 5.09 Å². The number of esters is 1. The van der Waals surface area contributed by atoms with Crippen molar-refractivity contribution in [3.8, 4) is 5.75 Å². The maximum atomic E-state index is 13.9. The molecule has 6 atom stereocenters. The highest BCUT2D eigenvalue weighted by Gasteiger charge is 2.55. The number of aliphatic hydroxyl groups is 1. The van der Waals surface area contributed by atoms with Crippen LogP contribution in [-0.4, -0.2) is 72.7 Å². The Bertz CT molecular complexity index is 1340. The van der Waals surface area contributed by atoms with Gasteiger partial charge in [0.05, 0.1) is 19.8 Å². The number of para-hydroxylation sites is 1.